The molecular weight excluding hydrogens is 286 g/mol. The van der Waals surface area contributed by atoms with E-state index < -0.39 is 12.0 Å². The Balaban J connectivity index is 1.86. The van der Waals surface area contributed by atoms with Gasteiger partial charge in [-0.05, 0) is 0 Å². The van der Waals surface area contributed by atoms with Crippen LogP contribution in [-0.4, -0.2) is 38.2 Å². The fourth-order valence-corrected chi connectivity index (χ4v) is 3.19. The van der Waals surface area contributed by atoms with Crippen molar-refractivity contribution in [3.63, 3.8) is 0 Å². The third-order valence-corrected chi connectivity index (χ3v) is 4.19. The fourth-order valence-electron chi connectivity index (χ4n) is 1.55. The Kier molecular flexibility index (Phi) is 4.43. The molecule has 0 aliphatic rings. The summed E-state index contributed by atoms with van der Waals surface area (Å²) in [6.45, 7) is 1.31. The van der Waals surface area contributed by atoms with Gasteiger partial charge in [0.1, 0.15) is 6.04 Å². The number of nitrogens with zero attached hydrogens (tertiary/aromatic N) is 2. The van der Waals surface area contributed by atoms with E-state index >= 15 is 0 Å². The third-order valence-electron chi connectivity index (χ3n) is 2.35. The van der Waals surface area contributed by atoms with E-state index in [1.807, 2.05) is 22.2 Å². The number of nitrogens with one attached hydrogen (secondary N) is 1. The third kappa shape index (κ3) is 3.71. The van der Waals surface area contributed by atoms with Crippen molar-refractivity contribution in [2.75, 3.05) is 5.75 Å². The Labute approximate surface area is 117 Å². The first kappa shape index (κ1) is 13.9. The Morgan fingerprint density at radius 2 is 2.42 bits per heavy atom. The summed E-state index contributed by atoms with van der Waals surface area (Å²) < 4.78 is 1.93. The van der Waals surface area contributed by atoms with Gasteiger partial charge in [0.05, 0.1) is 5.69 Å². The van der Waals surface area contributed by atoms with Gasteiger partial charge in [0.15, 0.2) is 4.96 Å². The highest BCUT2D eigenvalue weighted by molar-refractivity contribution is 7.98. The Morgan fingerprint density at radius 3 is 3.05 bits per heavy atom. The quantitative estimate of drug-likeness (QED) is 0.838. The maximum Gasteiger partial charge on any atom is 0.327 e. The molecule has 2 aromatic rings. The number of rotatable bonds is 6. The van der Waals surface area contributed by atoms with Crippen LogP contribution in [0.2, 0.25) is 0 Å². The molecule has 2 rings (SSSR count). The number of carboxylic acid groups (broad SMARTS) is 1. The molecule has 0 fully saturated rings. The van der Waals surface area contributed by atoms with Crippen molar-refractivity contribution in [1.29, 1.82) is 0 Å². The molecule has 0 radical (unpaired) electrons. The number of thioether (sulfide) groups is 1. The number of amides is 1. The molecule has 2 heterocycles. The van der Waals surface area contributed by atoms with E-state index in [1.54, 1.807) is 11.3 Å². The van der Waals surface area contributed by atoms with Gasteiger partial charge in [0.2, 0.25) is 5.91 Å². The van der Waals surface area contributed by atoms with Crippen LogP contribution in [0.25, 0.3) is 4.96 Å². The molecule has 8 heteroatoms. The van der Waals surface area contributed by atoms with Crippen molar-refractivity contribution in [1.82, 2.24) is 14.7 Å². The van der Waals surface area contributed by atoms with Gasteiger partial charge in [-0.1, -0.05) is 0 Å². The van der Waals surface area contributed by atoms with E-state index in [4.69, 9.17) is 5.11 Å². The molecule has 2 aromatic heterocycles. The molecule has 102 valence electrons. The smallest absolute Gasteiger partial charge is 0.327 e. The first-order valence-corrected chi connectivity index (χ1v) is 7.58. The Hall–Kier alpha value is -1.54. The van der Waals surface area contributed by atoms with Crippen LogP contribution in [0.15, 0.2) is 17.8 Å². The summed E-state index contributed by atoms with van der Waals surface area (Å²) in [4.78, 5) is 27.1. The van der Waals surface area contributed by atoms with Crippen LogP contribution in [0.4, 0.5) is 0 Å². The van der Waals surface area contributed by atoms with E-state index in [1.165, 1.54) is 18.7 Å². The Morgan fingerprint density at radius 1 is 1.63 bits per heavy atom. The molecule has 0 spiro atoms. The van der Waals surface area contributed by atoms with Crippen molar-refractivity contribution in [3.8, 4) is 0 Å². The maximum absolute atomic E-state index is 10.9. The molecule has 1 amide bonds. The number of hydrogen-bond acceptors (Lipinski definition) is 5. The van der Waals surface area contributed by atoms with E-state index in [0.717, 1.165) is 10.7 Å². The maximum atomic E-state index is 10.9. The number of carboxylic acids is 1. The van der Waals surface area contributed by atoms with E-state index in [9.17, 15) is 9.59 Å². The minimum Gasteiger partial charge on any atom is -0.480 e. The fraction of sp³-hybridized carbons (Fsp3) is 0.364. The van der Waals surface area contributed by atoms with Gasteiger partial charge in [-0.25, -0.2) is 9.78 Å². The largest absolute Gasteiger partial charge is 0.480 e. The van der Waals surface area contributed by atoms with Crippen LogP contribution in [0, 0.1) is 0 Å². The zero-order valence-corrected chi connectivity index (χ0v) is 11.8. The number of fused-ring (bicyclic) bond motifs is 1. The van der Waals surface area contributed by atoms with Crippen LogP contribution in [0.3, 0.4) is 0 Å². The van der Waals surface area contributed by atoms with Gasteiger partial charge in [0, 0.05) is 36.2 Å². The summed E-state index contributed by atoms with van der Waals surface area (Å²) in [5.74, 6) is -0.415. The average Bonchev–Trinajstić information content (AvgIpc) is 2.87. The van der Waals surface area contributed by atoms with Crippen molar-refractivity contribution in [2.24, 2.45) is 0 Å². The van der Waals surface area contributed by atoms with E-state index in [-0.39, 0.29) is 5.91 Å². The predicted octanol–water partition coefficient (Wildman–Crippen LogP) is 1.22. The number of aliphatic carboxylic acids is 1. The van der Waals surface area contributed by atoms with Gasteiger partial charge < -0.3 is 10.4 Å². The van der Waals surface area contributed by atoms with E-state index in [0.29, 0.717) is 11.5 Å². The van der Waals surface area contributed by atoms with Crippen LogP contribution in [0.5, 0.6) is 0 Å². The topological polar surface area (TPSA) is 83.7 Å². The van der Waals surface area contributed by atoms with Crippen molar-refractivity contribution in [3.05, 3.63) is 23.5 Å². The Bertz CT molecular complexity index is 564. The molecule has 0 aliphatic heterocycles. The standard InChI is InChI=1S/C11H13N3O3S2/c1-7(15)12-9(10(16)17)6-18-5-8-4-14-2-3-19-11(14)13-8/h2-4,9H,5-6H2,1H3,(H,12,15)(H,16,17)/t9-/m0/s1. The highest BCUT2D eigenvalue weighted by atomic mass is 32.2. The lowest BCUT2D eigenvalue weighted by atomic mass is 10.3. The normalized spacial score (nSPS) is 12.5. The molecular formula is C11H13N3O3S2. The number of thiazole rings is 1. The second kappa shape index (κ2) is 6.07. The van der Waals surface area contributed by atoms with Crippen molar-refractivity contribution >= 4 is 39.9 Å². The first-order chi connectivity index (χ1) is 9.06. The highest BCUT2D eigenvalue weighted by Gasteiger charge is 2.18. The van der Waals surface area contributed by atoms with Gasteiger partial charge in [-0.3, -0.25) is 9.20 Å². The van der Waals surface area contributed by atoms with Crippen LogP contribution in [-0.2, 0) is 15.3 Å². The van der Waals surface area contributed by atoms with Crippen molar-refractivity contribution in [2.45, 2.75) is 18.7 Å². The summed E-state index contributed by atoms with van der Waals surface area (Å²) in [5.41, 5.74) is 0.906. The minimum absolute atomic E-state index is 0.320. The zero-order chi connectivity index (χ0) is 13.8. The van der Waals surface area contributed by atoms with E-state index in [2.05, 4.69) is 10.3 Å². The number of carbonyl (C=O) groups excluding carboxylic acids is 1. The summed E-state index contributed by atoms with van der Waals surface area (Å²) >= 11 is 2.99. The average molecular weight is 299 g/mol. The van der Waals surface area contributed by atoms with Crippen molar-refractivity contribution < 1.29 is 14.7 Å². The molecule has 0 aromatic carbocycles. The SMILES string of the molecule is CC(=O)N[C@@H](CSCc1cn2ccsc2n1)C(=O)O. The molecule has 0 unspecified atom stereocenters. The number of imidazole rings is 1. The minimum atomic E-state index is -1.02. The summed E-state index contributed by atoms with van der Waals surface area (Å²) in [6, 6.07) is -0.855. The van der Waals surface area contributed by atoms with Gasteiger partial charge in [-0.15, -0.1) is 11.3 Å². The lowest BCUT2D eigenvalue weighted by molar-refractivity contribution is -0.140. The molecule has 0 aliphatic carbocycles. The highest BCUT2D eigenvalue weighted by Crippen LogP contribution is 2.16. The molecule has 2 N–H and O–H groups in total. The second-order valence-corrected chi connectivity index (χ2v) is 5.83. The summed E-state index contributed by atoms with van der Waals surface area (Å²) in [6.07, 6.45) is 3.85. The van der Waals surface area contributed by atoms with Gasteiger partial charge >= 0.3 is 5.97 Å². The lowest BCUT2D eigenvalue weighted by Crippen LogP contribution is -2.41. The zero-order valence-electron chi connectivity index (χ0n) is 10.2. The second-order valence-electron chi connectivity index (χ2n) is 3.93. The number of carbonyl (C=O) groups is 2. The van der Waals surface area contributed by atoms with Crippen LogP contribution >= 0.6 is 23.1 Å². The lowest BCUT2D eigenvalue weighted by Gasteiger charge is -2.11. The molecule has 0 saturated carbocycles. The number of aromatic nitrogens is 2. The molecule has 6 nitrogen and oxygen atoms in total. The number of hydrogen-bond donors (Lipinski definition) is 2. The summed E-state index contributed by atoms with van der Waals surface area (Å²) in [7, 11) is 0. The summed E-state index contributed by atoms with van der Waals surface area (Å²) in [5, 5.41) is 13.3. The van der Waals surface area contributed by atoms with Gasteiger partial charge in [0.25, 0.3) is 0 Å². The molecule has 19 heavy (non-hydrogen) atoms. The molecule has 0 saturated heterocycles. The first-order valence-electron chi connectivity index (χ1n) is 5.55. The monoisotopic (exact) mass is 299 g/mol. The van der Waals surface area contributed by atoms with Gasteiger partial charge in [-0.2, -0.15) is 11.8 Å². The molecule has 0 bridgehead atoms. The van der Waals surface area contributed by atoms with Crippen LogP contribution < -0.4 is 5.32 Å². The van der Waals surface area contributed by atoms with Crippen LogP contribution in [0.1, 0.15) is 12.6 Å². The predicted molar refractivity (Wildman–Crippen MR) is 74.5 cm³/mol. The molecule has 1 atom stereocenters.